The van der Waals surface area contributed by atoms with Crippen LogP contribution in [0.25, 0.3) is 22.5 Å². The van der Waals surface area contributed by atoms with Gasteiger partial charge in [0, 0.05) is 5.56 Å². The molecule has 2 aromatic carbocycles. The zero-order valence-corrected chi connectivity index (χ0v) is 12.1. The molecule has 0 radical (unpaired) electrons. The molecule has 0 saturated carbocycles. The maximum Gasteiger partial charge on any atom is 0.178 e. The highest BCUT2D eigenvalue weighted by molar-refractivity contribution is 6.43. The number of aromatic nitrogens is 1. The Hall–Kier alpha value is -2.04. The number of nitrogens with zero attached hydrogens (tertiary/aromatic N) is 1. The van der Waals surface area contributed by atoms with E-state index in [9.17, 15) is 4.39 Å². The molecule has 0 unspecified atom stereocenters. The lowest BCUT2D eigenvalue weighted by Gasteiger charge is -2.05. The molecule has 2 N–H and O–H groups in total. The number of anilines is 1. The lowest BCUT2D eigenvalue weighted by Crippen LogP contribution is -1.89. The number of nitrogen functional groups attached to an aromatic ring is 1. The van der Waals surface area contributed by atoms with Crippen LogP contribution in [0.5, 0.6) is 0 Å². The highest BCUT2D eigenvalue weighted by atomic mass is 35.5. The minimum atomic E-state index is -0.337. The number of benzene rings is 2. The van der Waals surface area contributed by atoms with Crippen molar-refractivity contribution in [3.63, 3.8) is 0 Å². The SMILES string of the molecule is Nc1noc(-c2cccc(Cl)c2Cl)c1-c1ccc(F)cc1. The second kappa shape index (κ2) is 5.39. The Labute approximate surface area is 130 Å². The van der Waals surface area contributed by atoms with E-state index in [4.69, 9.17) is 33.5 Å². The third-order valence-corrected chi connectivity index (χ3v) is 3.87. The molecule has 0 fully saturated rings. The van der Waals surface area contributed by atoms with Crippen molar-refractivity contribution in [1.29, 1.82) is 0 Å². The zero-order chi connectivity index (χ0) is 15.0. The number of rotatable bonds is 2. The van der Waals surface area contributed by atoms with Crippen LogP contribution in [0, 0.1) is 5.82 Å². The first-order chi connectivity index (χ1) is 10.1. The molecule has 1 heterocycles. The smallest absolute Gasteiger partial charge is 0.178 e. The van der Waals surface area contributed by atoms with Gasteiger partial charge in [0.15, 0.2) is 11.6 Å². The number of hydrogen-bond donors (Lipinski definition) is 1. The van der Waals surface area contributed by atoms with Gasteiger partial charge in [0.25, 0.3) is 0 Å². The van der Waals surface area contributed by atoms with Crippen LogP contribution in [0.15, 0.2) is 47.0 Å². The van der Waals surface area contributed by atoms with E-state index in [1.807, 2.05) is 0 Å². The highest BCUT2D eigenvalue weighted by Crippen LogP contribution is 2.41. The summed E-state index contributed by atoms with van der Waals surface area (Å²) in [6.07, 6.45) is 0. The molecule has 0 spiro atoms. The number of nitrogens with two attached hydrogens (primary N) is 1. The summed E-state index contributed by atoms with van der Waals surface area (Å²) < 4.78 is 18.4. The summed E-state index contributed by atoms with van der Waals surface area (Å²) in [5.74, 6) is 0.260. The lowest BCUT2D eigenvalue weighted by molar-refractivity contribution is 0.436. The number of hydrogen-bond acceptors (Lipinski definition) is 3. The Morgan fingerprint density at radius 2 is 1.76 bits per heavy atom. The monoisotopic (exact) mass is 322 g/mol. The van der Waals surface area contributed by atoms with Crippen LogP contribution >= 0.6 is 23.2 Å². The second-order valence-electron chi connectivity index (χ2n) is 4.38. The van der Waals surface area contributed by atoms with E-state index >= 15 is 0 Å². The molecule has 0 aliphatic carbocycles. The van der Waals surface area contributed by atoms with E-state index in [0.29, 0.717) is 32.5 Å². The molecular formula is C15H9Cl2FN2O. The van der Waals surface area contributed by atoms with Gasteiger partial charge in [0.2, 0.25) is 0 Å². The summed E-state index contributed by atoms with van der Waals surface area (Å²) in [6.45, 7) is 0. The molecule has 0 amide bonds. The minimum absolute atomic E-state index is 0.202. The molecule has 21 heavy (non-hydrogen) atoms. The molecule has 0 bridgehead atoms. The molecule has 3 nitrogen and oxygen atoms in total. The molecule has 0 aliphatic heterocycles. The van der Waals surface area contributed by atoms with Crippen LogP contribution in [0.1, 0.15) is 0 Å². The lowest BCUT2D eigenvalue weighted by atomic mass is 10.0. The summed E-state index contributed by atoms with van der Waals surface area (Å²) >= 11 is 12.2. The Bertz CT molecular complexity index is 800. The van der Waals surface area contributed by atoms with Crippen LogP contribution in [0.3, 0.4) is 0 Å². The van der Waals surface area contributed by atoms with E-state index in [-0.39, 0.29) is 11.6 Å². The van der Waals surface area contributed by atoms with Crippen LogP contribution in [0.4, 0.5) is 10.2 Å². The third kappa shape index (κ3) is 2.48. The standard InChI is InChI=1S/C15H9Cl2FN2O/c16-11-3-1-2-10(13(11)17)14-12(15(19)20-21-14)8-4-6-9(18)7-5-8/h1-7H,(H2,19,20). The summed E-state index contributed by atoms with van der Waals surface area (Å²) in [5.41, 5.74) is 7.68. The average molecular weight is 323 g/mol. The Morgan fingerprint density at radius 3 is 2.48 bits per heavy atom. The van der Waals surface area contributed by atoms with Crippen molar-refractivity contribution in [3.05, 3.63) is 58.3 Å². The highest BCUT2D eigenvalue weighted by Gasteiger charge is 2.20. The minimum Gasteiger partial charge on any atom is -0.380 e. The van der Waals surface area contributed by atoms with Crippen molar-refractivity contribution in [3.8, 4) is 22.5 Å². The molecule has 106 valence electrons. The quantitative estimate of drug-likeness (QED) is 0.719. The molecule has 3 aromatic rings. The normalized spacial score (nSPS) is 10.8. The van der Waals surface area contributed by atoms with E-state index < -0.39 is 0 Å². The number of halogens is 3. The van der Waals surface area contributed by atoms with Gasteiger partial charge in [0.05, 0.1) is 15.6 Å². The maximum absolute atomic E-state index is 13.1. The van der Waals surface area contributed by atoms with Gasteiger partial charge in [-0.05, 0) is 29.8 Å². The predicted octanol–water partition coefficient (Wildman–Crippen LogP) is 5.04. The fourth-order valence-corrected chi connectivity index (χ4v) is 2.45. The van der Waals surface area contributed by atoms with Gasteiger partial charge in [-0.2, -0.15) is 0 Å². The molecule has 1 aromatic heterocycles. The van der Waals surface area contributed by atoms with E-state index in [1.54, 1.807) is 30.3 Å². The van der Waals surface area contributed by atoms with Crippen molar-refractivity contribution in [2.24, 2.45) is 0 Å². The van der Waals surface area contributed by atoms with Crippen LogP contribution in [0.2, 0.25) is 10.0 Å². The van der Waals surface area contributed by atoms with Crippen molar-refractivity contribution in [2.45, 2.75) is 0 Å². The Kier molecular flexibility index (Phi) is 3.57. The molecular weight excluding hydrogens is 314 g/mol. The Balaban J connectivity index is 2.22. The van der Waals surface area contributed by atoms with E-state index in [1.165, 1.54) is 12.1 Å². The molecule has 0 aliphatic rings. The van der Waals surface area contributed by atoms with Gasteiger partial charge in [-0.1, -0.05) is 46.6 Å². The van der Waals surface area contributed by atoms with Crippen molar-refractivity contribution in [2.75, 3.05) is 5.73 Å². The Morgan fingerprint density at radius 1 is 1.05 bits per heavy atom. The summed E-state index contributed by atoms with van der Waals surface area (Å²) in [6, 6.07) is 11.0. The van der Waals surface area contributed by atoms with Crippen molar-refractivity contribution in [1.82, 2.24) is 5.16 Å². The molecule has 0 atom stereocenters. The third-order valence-electron chi connectivity index (χ3n) is 3.05. The first-order valence-corrected chi connectivity index (χ1v) is 6.79. The first kappa shape index (κ1) is 13.9. The fourth-order valence-electron chi connectivity index (χ4n) is 2.06. The van der Waals surface area contributed by atoms with Gasteiger partial charge in [0.1, 0.15) is 5.82 Å². The van der Waals surface area contributed by atoms with E-state index in [2.05, 4.69) is 5.16 Å². The van der Waals surface area contributed by atoms with E-state index in [0.717, 1.165) is 0 Å². The van der Waals surface area contributed by atoms with Crippen molar-refractivity contribution >= 4 is 29.0 Å². The topological polar surface area (TPSA) is 52.0 Å². The van der Waals surface area contributed by atoms with Crippen LogP contribution < -0.4 is 5.73 Å². The largest absolute Gasteiger partial charge is 0.380 e. The van der Waals surface area contributed by atoms with Gasteiger partial charge in [-0.25, -0.2) is 4.39 Å². The molecule has 3 rings (SSSR count). The summed E-state index contributed by atoms with van der Waals surface area (Å²) in [5, 5.41) is 4.51. The van der Waals surface area contributed by atoms with Gasteiger partial charge in [-0.3, -0.25) is 0 Å². The first-order valence-electron chi connectivity index (χ1n) is 6.03. The molecule has 0 saturated heterocycles. The predicted molar refractivity (Wildman–Crippen MR) is 81.8 cm³/mol. The molecule has 6 heteroatoms. The average Bonchev–Trinajstić information content (AvgIpc) is 2.85. The second-order valence-corrected chi connectivity index (χ2v) is 5.17. The summed E-state index contributed by atoms with van der Waals surface area (Å²) in [7, 11) is 0. The van der Waals surface area contributed by atoms with Gasteiger partial charge >= 0.3 is 0 Å². The van der Waals surface area contributed by atoms with Crippen molar-refractivity contribution < 1.29 is 8.91 Å². The zero-order valence-electron chi connectivity index (χ0n) is 10.6. The maximum atomic E-state index is 13.1. The fraction of sp³-hybridized carbons (Fsp3) is 0. The van der Waals surface area contributed by atoms with Gasteiger partial charge in [-0.15, -0.1) is 0 Å². The van der Waals surface area contributed by atoms with Crippen LogP contribution in [-0.4, -0.2) is 5.16 Å². The van der Waals surface area contributed by atoms with Gasteiger partial charge < -0.3 is 10.3 Å². The van der Waals surface area contributed by atoms with Crippen LogP contribution in [-0.2, 0) is 0 Å². The summed E-state index contributed by atoms with van der Waals surface area (Å²) in [4.78, 5) is 0.